The molecule has 132 valence electrons. The molecule has 0 bridgehead atoms. The van der Waals surface area contributed by atoms with Crippen molar-refractivity contribution in [1.29, 1.82) is 0 Å². The topological polar surface area (TPSA) is 61.4 Å². The van der Waals surface area contributed by atoms with E-state index in [-0.39, 0.29) is 28.1 Å². The van der Waals surface area contributed by atoms with Crippen molar-refractivity contribution in [2.75, 3.05) is 17.2 Å². The number of nitrogens with one attached hydrogen (secondary N) is 2. The molecule has 0 fully saturated rings. The number of halogens is 3. The second kappa shape index (κ2) is 6.48. The lowest BCUT2D eigenvalue weighted by Crippen LogP contribution is -2.26. The molecule has 1 aliphatic heterocycles. The predicted octanol–water partition coefficient (Wildman–Crippen LogP) is 4.51. The highest BCUT2D eigenvalue weighted by Gasteiger charge is 2.38. The van der Waals surface area contributed by atoms with Gasteiger partial charge in [0.2, 0.25) is 5.91 Å². The van der Waals surface area contributed by atoms with Crippen molar-refractivity contribution in [3.8, 4) is 0 Å². The molecule has 0 saturated carbocycles. The zero-order valence-corrected chi connectivity index (χ0v) is 15.2. The SMILES string of the molecule is CC1(C)C(=O)Nc2cc(NC(CO)c3c(Cl)ccc(F)c3Cl)ccc21. The van der Waals surface area contributed by atoms with E-state index in [0.29, 0.717) is 11.4 Å². The number of amides is 1. The number of aliphatic hydroxyl groups is 1. The molecular weight excluding hydrogens is 366 g/mol. The number of benzene rings is 2. The van der Waals surface area contributed by atoms with Crippen molar-refractivity contribution in [2.45, 2.75) is 25.3 Å². The first kappa shape index (κ1) is 18.0. The van der Waals surface area contributed by atoms with Crippen molar-refractivity contribution in [2.24, 2.45) is 0 Å². The molecule has 1 aliphatic rings. The number of aliphatic hydroxyl groups excluding tert-OH is 1. The minimum atomic E-state index is -0.695. The van der Waals surface area contributed by atoms with Crippen molar-refractivity contribution in [3.63, 3.8) is 0 Å². The van der Waals surface area contributed by atoms with Crippen molar-refractivity contribution in [3.05, 3.63) is 57.3 Å². The summed E-state index contributed by atoms with van der Waals surface area (Å²) in [5, 5.41) is 15.8. The Morgan fingerprint density at radius 2 is 2.00 bits per heavy atom. The highest BCUT2D eigenvalue weighted by Crippen LogP contribution is 2.40. The maximum absolute atomic E-state index is 13.8. The summed E-state index contributed by atoms with van der Waals surface area (Å²) in [5.41, 5.74) is 1.93. The smallest absolute Gasteiger partial charge is 0.234 e. The Morgan fingerprint density at radius 3 is 2.68 bits per heavy atom. The summed E-state index contributed by atoms with van der Waals surface area (Å²) in [6.07, 6.45) is 0. The Hall–Kier alpha value is -1.82. The van der Waals surface area contributed by atoms with Gasteiger partial charge >= 0.3 is 0 Å². The van der Waals surface area contributed by atoms with Gasteiger partial charge in [0.25, 0.3) is 0 Å². The Bertz CT molecular complexity index is 855. The second-order valence-corrected chi connectivity index (χ2v) is 7.26. The first-order chi connectivity index (χ1) is 11.8. The second-order valence-electron chi connectivity index (χ2n) is 6.48. The van der Waals surface area contributed by atoms with Crippen molar-refractivity contribution in [1.82, 2.24) is 0 Å². The summed E-state index contributed by atoms with van der Waals surface area (Å²) >= 11 is 12.2. The Balaban J connectivity index is 1.94. The minimum absolute atomic E-state index is 0.0745. The van der Waals surface area contributed by atoms with Gasteiger partial charge in [0.05, 0.1) is 23.1 Å². The van der Waals surface area contributed by atoms with Crippen LogP contribution >= 0.6 is 23.2 Å². The lowest BCUT2D eigenvalue weighted by atomic mass is 9.86. The molecule has 2 aromatic rings. The molecule has 0 aromatic heterocycles. The van der Waals surface area contributed by atoms with Crippen LogP contribution in [0.5, 0.6) is 0 Å². The van der Waals surface area contributed by atoms with Gasteiger partial charge in [-0.05, 0) is 43.7 Å². The zero-order chi connectivity index (χ0) is 18.4. The molecule has 4 nitrogen and oxygen atoms in total. The third-order valence-corrected chi connectivity index (χ3v) is 5.17. The number of hydrogen-bond acceptors (Lipinski definition) is 3. The first-order valence-electron chi connectivity index (χ1n) is 7.72. The first-order valence-corrected chi connectivity index (χ1v) is 8.48. The number of anilines is 2. The van der Waals surface area contributed by atoms with Crippen LogP contribution in [0.25, 0.3) is 0 Å². The number of rotatable bonds is 4. The summed E-state index contributed by atoms with van der Waals surface area (Å²) in [7, 11) is 0. The average Bonchev–Trinajstić information content (AvgIpc) is 2.79. The monoisotopic (exact) mass is 382 g/mol. The highest BCUT2D eigenvalue weighted by molar-refractivity contribution is 6.36. The van der Waals surface area contributed by atoms with Crippen LogP contribution in [0.15, 0.2) is 30.3 Å². The largest absolute Gasteiger partial charge is 0.394 e. The molecule has 3 N–H and O–H groups in total. The Kier molecular flexibility index (Phi) is 4.66. The highest BCUT2D eigenvalue weighted by atomic mass is 35.5. The van der Waals surface area contributed by atoms with Crippen LogP contribution in [0.4, 0.5) is 15.8 Å². The summed E-state index contributed by atoms with van der Waals surface area (Å²) in [4.78, 5) is 12.0. The number of hydrogen-bond donors (Lipinski definition) is 3. The van der Waals surface area contributed by atoms with Gasteiger partial charge in [-0.25, -0.2) is 4.39 Å². The van der Waals surface area contributed by atoms with Crippen LogP contribution in [-0.4, -0.2) is 17.6 Å². The van der Waals surface area contributed by atoms with E-state index in [1.807, 2.05) is 19.9 Å². The molecule has 25 heavy (non-hydrogen) atoms. The van der Waals surface area contributed by atoms with E-state index < -0.39 is 17.3 Å². The average molecular weight is 383 g/mol. The Morgan fingerprint density at radius 1 is 1.28 bits per heavy atom. The van der Waals surface area contributed by atoms with Gasteiger partial charge in [-0.15, -0.1) is 0 Å². The third kappa shape index (κ3) is 3.08. The van der Waals surface area contributed by atoms with Crippen molar-refractivity contribution < 1.29 is 14.3 Å². The van der Waals surface area contributed by atoms with E-state index in [1.165, 1.54) is 12.1 Å². The molecule has 3 rings (SSSR count). The van der Waals surface area contributed by atoms with Gasteiger partial charge in [0.15, 0.2) is 0 Å². The summed E-state index contributed by atoms with van der Waals surface area (Å²) in [6, 6.07) is 7.29. The van der Waals surface area contributed by atoms with Crippen LogP contribution in [0.1, 0.15) is 31.0 Å². The summed E-state index contributed by atoms with van der Waals surface area (Å²) < 4.78 is 13.8. The summed E-state index contributed by atoms with van der Waals surface area (Å²) in [5.74, 6) is -0.682. The van der Waals surface area contributed by atoms with Crippen LogP contribution in [0.2, 0.25) is 10.0 Å². The molecular formula is C18H17Cl2FN2O2. The molecule has 0 radical (unpaired) electrons. The van der Waals surface area contributed by atoms with E-state index in [9.17, 15) is 14.3 Å². The predicted molar refractivity (Wildman–Crippen MR) is 98.0 cm³/mol. The fourth-order valence-corrected chi connectivity index (χ4v) is 3.59. The number of carbonyl (C=O) groups is 1. The van der Waals surface area contributed by atoms with Gasteiger partial charge in [0.1, 0.15) is 5.82 Å². The van der Waals surface area contributed by atoms with E-state index in [0.717, 1.165) is 5.56 Å². The fraction of sp³-hybridized carbons (Fsp3) is 0.278. The maximum atomic E-state index is 13.8. The number of fused-ring (bicyclic) bond motifs is 1. The van der Waals surface area contributed by atoms with Crippen LogP contribution in [0, 0.1) is 5.82 Å². The van der Waals surface area contributed by atoms with Gasteiger partial charge in [-0.2, -0.15) is 0 Å². The molecule has 7 heteroatoms. The molecule has 1 atom stereocenters. The number of carbonyl (C=O) groups excluding carboxylic acids is 1. The van der Waals surface area contributed by atoms with Gasteiger partial charge in [-0.3, -0.25) is 4.79 Å². The molecule has 1 unspecified atom stereocenters. The van der Waals surface area contributed by atoms with Crippen LogP contribution < -0.4 is 10.6 Å². The van der Waals surface area contributed by atoms with Crippen molar-refractivity contribution >= 4 is 40.5 Å². The normalized spacial score (nSPS) is 16.3. The molecule has 0 aliphatic carbocycles. The van der Waals surface area contributed by atoms with Gasteiger partial charge < -0.3 is 15.7 Å². The third-order valence-electron chi connectivity index (χ3n) is 4.46. The molecule has 2 aromatic carbocycles. The summed E-state index contributed by atoms with van der Waals surface area (Å²) in [6.45, 7) is 3.37. The van der Waals surface area contributed by atoms with E-state index in [4.69, 9.17) is 23.2 Å². The van der Waals surface area contributed by atoms with Gasteiger partial charge in [0, 0.05) is 22.0 Å². The van der Waals surface area contributed by atoms with Gasteiger partial charge in [-0.1, -0.05) is 29.3 Å². The van der Waals surface area contributed by atoms with E-state index in [2.05, 4.69) is 10.6 Å². The van der Waals surface area contributed by atoms with E-state index >= 15 is 0 Å². The molecule has 1 amide bonds. The van der Waals surface area contributed by atoms with Crippen LogP contribution in [-0.2, 0) is 10.2 Å². The maximum Gasteiger partial charge on any atom is 0.234 e. The Labute approximate surface area is 154 Å². The van der Waals surface area contributed by atoms with E-state index in [1.54, 1.807) is 12.1 Å². The molecule has 0 spiro atoms. The molecule has 0 saturated heterocycles. The fourth-order valence-electron chi connectivity index (χ4n) is 2.96. The quantitative estimate of drug-likeness (QED) is 0.681. The minimum Gasteiger partial charge on any atom is -0.394 e. The lowest BCUT2D eigenvalue weighted by molar-refractivity contribution is -0.119. The zero-order valence-electron chi connectivity index (χ0n) is 13.7. The lowest BCUT2D eigenvalue weighted by Gasteiger charge is -2.21. The standard InChI is InChI=1S/C18H17Cl2FN2O2/c1-18(2)10-4-3-9(7-13(10)23-17(18)25)22-14(8-24)15-11(19)5-6-12(21)16(15)20/h3-7,14,22,24H,8H2,1-2H3,(H,23,25). The molecule has 1 heterocycles. The van der Waals surface area contributed by atoms with Crippen LogP contribution in [0.3, 0.4) is 0 Å².